The van der Waals surface area contributed by atoms with Crippen LogP contribution in [0.2, 0.25) is 0 Å². The van der Waals surface area contributed by atoms with E-state index in [1.807, 2.05) is 30.3 Å². The minimum Gasteiger partial charge on any atom is -0.462 e. The molecule has 0 saturated carbocycles. The third-order valence-corrected chi connectivity index (χ3v) is 3.80. The smallest absolute Gasteiger partial charge is 0.343 e. The molecule has 0 spiro atoms. The molecular formula is C18H20N4O2. The Hall–Kier alpha value is -2.89. The van der Waals surface area contributed by atoms with Gasteiger partial charge in [0.25, 0.3) is 0 Å². The van der Waals surface area contributed by atoms with Gasteiger partial charge in [-0.15, -0.1) is 0 Å². The van der Waals surface area contributed by atoms with Crippen LogP contribution in [-0.2, 0) is 11.2 Å². The van der Waals surface area contributed by atoms with Gasteiger partial charge in [-0.25, -0.2) is 9.78 Å². The number of aromatic nitrogens is 3. The summed E-state index contributed by atoms with van der Waals surface area (Å²) in [5.41, 5.74) is 9.96. The van der Waals surface area contributed by atoms with Gasteiger partial charge < -0.3 is 10.5 Å². The van der Waals surface area contributed by atoms with Crippen LogP contribution in [0.25, 0.3) is 16.8 Å². The number of aryl methyl sites for hydroxylation is 1. The number of carbonyl (C=O) groups excluding carboxylic acids is 1. The van der Waals surface area contributed by atoms with Crippen molar-refractivity contribution in [2.45, 2.75) is 26.7 Å². The van der Waals surface area contributed by atoms with Crippen LogP contribution in [0.15, 0.2) is 36.5 Å². The van der Waals surface area contributed by atoms with Crippen molar-refractivity contribution in [3.05, 3.63) is 47.8 Å². The van der Waals surface area contributed by atoms with Crippen molar-refractivity contribution < 1.29 is 9.53 Å². The van der Waals surface area contributed by atoms with Crippen LogP contribution in [0, 0.1) is 0 Å². The summed E-state index contributed by atoms with van der Waals surface area (Å²) in [6, 6.07) is 9.96. The van der Waals surface area contributed by atoms with Crippen molar-refractivity contribution in [2.24, 2.45) is 0 Å². The fourth-order valence-corrected chi connectivity index (χ4v) is 2.72. The number of nitrogens with zero attached hydrogens (tertiary/aromatic N) is 3. The molecule has 0 atom stereocenters. The second-order valence-corrected chi connectivity index (χ2v) is 5.45. The number of nitrogens with two attached hydrogens (primary N) is 1. The van der Waals surface area contributed by atoms with E-state index in [9.17, 15) is 4.79 Å². The van der Waals surface area contributed by atoms with E-state index < -0.39 is 5.97 Å². The Kier molecular flexibility index (Phi) is 4.46. The van der Waals surface area contributed by atoms with Crippen LogP contribution in [0.3, 0.4) is 0 Å². The van der Waals surface area contributed by atoms with Gasteiger partial charge in [-0.3, -0.25) is 0 Å². The van der Waals surface area contributed by atoms with Gasteiger partial charge in [-0.1, -0.05) is 43.7 Å². The summed E-state index contributed by atoms with van der Waals surface area (Å²) in [5.74, 6) is -0.240. The number of hydrogen-bond donors (Lipinski definition) is 1. The first-order chi connectivity index (χ1) is 11.7. The van der Waals surface area contributed by atoms with Gasteiger partial charge >= 0.3 is 5.97 Å². The molecule has 124 valence electrons. The molecule has 3 aromatic rings. The molecule has 2 N–H and O–H groups in total. The van der Waals surface area contributed by atoms with Crippen LogP contribution in [-0.4, -0.2) is 27.2 Å². The molecule has 0 unspecified atom stereocenters. The lowest BCUT2D eigenvalue weighted by molar-refractivity contribution is 0.0526. The van der Waals surface area contributed by atoms with Crippen LogP contribution in [0.4, 0.5) is 5.82 Å². The van der Waals surface area contributed by atoms with Gasteiger partial charge in [0.1, 0.15) is 11.4 Å². The van der Waals surface area contributed by atoms with Gasteiger partial charge in [0.05, 0.1) is 12.3 Å². The first-order valence-electron chi connectivity index (χ1n) is 8.06. The average molecular weight is 324 g/mol. The molecule has 24 heavy (non-hydrogen) atoms. The maximum atomic E-state index is 12.0. The van der Waals surface area contributed by atoms with E-state index in [0.29, 0.717) is 5.65 Å². The quantitative estimate of drug-likeness (QED) is 0.729. The monoisotopic (exact) mass is 324 g/mol. The van der Waals surface area contributed by atoms with E-state index in [-0.39, 0.29) is 18.0 Å². The number of ether oxygens (including phenoxy) is 1. The van der Waals surface area contributed by atoms with E-state index in [4.69, 9.17) is 10.5 Å². The van der Waals surface area contributed by atoms with E-state index >= 15 is 0 Å². The molecule has 2 heterocycles. The molecule has 0 aliphatic rings. The number of nitrogen functional groups attached to an aromatic ring is 1. The van der Waals surface area contributed by atoms with E-state index in [0.717, 1.165) is 29.7 Å². The van der Waals surface area contributed by atoms with Crippen LogP contribution < -0.4 is 5.73 Å². The first kappa shape index (κ1) is 16.0. The molecule has 0 fully saturated rings. The number of benzene rings is 1. The van der Waals surface area contributed by atoms with Gasteiger partial charge in [-0.2, -0.15) is 9.61 Å². The van der Waals surface area contributed by atoms with Crippen LogP contribution >= 0.6 is 0 Å². The minimum atomic E-state index is -0.488. The number of hydrogen-bond acceptors (Lipinski definition) is 5. The second-order valence-electron chi connectivity index (χ2n) is 5.45. The maximum Gasteiger partial charge on any atom is 0.343 e. The summed E-state index contributed by atoms with van der Waals surface area (Å²) in [7, 11) is 0. The zero-order valence-corrected chi connectivity index (χ0v) is 13.8. The summed E-state index contributed by atoms with van der Waals surface area (Å²) in [6.07, 6.45) is 3.22. The minimum absolute atomic E-state index is 0.231. The fraction of sp³-hybridized carbons (Fsp3) is 0.278. The SMILES string of the molecule is CCCc1nn2c(N)c(C(=O)OCC)cnc2c1-c1ccccc1. The Balaban J connectivity index is 2.23. The van der Waals surface area contributed by atoms with Crippen LogP contribution in [0.1, 0.15) is 36.3 Å². The summed E-state index contributed by atoms with van der Waals surface area (Å²) in [6.45, 7) is 4.13. The van der Waals surface area contributed by atoms with Crippen molar-refractivity contribution in [1.29, 1.82) is 0 Å². The standard InChI is InChI=1S/C18H20N4O2/c1-3-8-14-15(12-9-6-5-7-10-12)17-20-11-13(18(23)24-4-2)16(19)22(17)21-14/h5-7,9-11H,3-4,8,19H2,1-2H3. The zero-order valence-electron chi connectivity index (χ0n) is 13.8. The van der Waals surface area contributed by atoms with Gasteiger partial charge in [0.15, 0.2) is 5.65 Å². The van der Waals surface area contributed by atoms with E-state index in [2.05, 4.69) is 17.0 Å². The highest BCUT2D eigenvalue weighted by molar-refractivity contribution is 5.95. The van der Waals surface area contributed by atoms with Crippen molar-refractivity contribution in [1.82, 2.24) is 14.6 Å². The van der Waals surface area contributed by atoms with Crippen LogP contribution in [0.5, 0.6) is 0 Å². The summed E-state index contributed by atoms with van der Waals surface area (Å²) in [5, 5.41) is 4.60. The van der Waals surface area contributed by atoms with Gasteiger partial charge in [0.2, 0.25) is 0 Å². The third-order valence-electron chi connectivity index (χ3n) is 3.80. The molecule has 3 rings (SSSR count). The number of carbonyl (C=O) groups is 1. The third kappa shape index (κ3) is 2.71. The predicted molar refractivity (Wildman–Crippen MR) is 92.8 cm³/mol. The normalized spacial score (nSPS) is 10.9. The first-order valence-corrected chi connectivity index (χ1v) is 8.06. The predicted octanol–water partition coefficient (Wildman–Crippen LogP) is 3.11. The Morgan fingerprint density at radius 2 is 2.00 bits per heavy atom. The zero-order chi connectivity index (χ0) is 17.1. The second kappa shape index (κ2) is 6.70. The molecule has 0 radical (unpaired) electrons. The van der Waals surface area contributed by atoms with Crippen molar-refractivity contribution >= 4 is 17.4 Å². The molecule has 0 aliphatic carbocycles. The molecule has 6 nitrogen and oxygen atoms in total. The fourth-order valence-electron chi connectivity index (χ4n) is 2.72. The van der Waals surface area contributed by atoms with Crippen molar-refractivity contribution in [2.75, 3.05) is 12.3 Å². The summed E-state index contributed by atoms with van der Waals surface area (Å²) in [4.78, 5) is 16.5. The number of anilines is 1. The average Bonchev–Trinajstić information content (AvgIpc) is 2.95. The number of rotatable bonds is 5. The number of esters is 1. The Bertz CT molecular complexity index is 872. The van der Waals surface area contributed by atoms with E-state index in [1.54, 1.807) is 11.4 Å². The molecular weight excluding hydrogens is 304 g/mol. The highest BCUT2D eigenvalue weighted by Crippen LogP contribution is 2.30. The topological polar surface area (TPSA) is 82.5 Å². The molecule has 1 aromatic carbocycles. The summed E-state index contributed by atoms with van der Waals surface area (Å²) >= 11 is 0. The van der Waals surface area contributed by atoms with Gasteiger partial charge in [0, 0.05) is 11.8 Å². The molecule has 0 bridgehead atoms. The molecule has 0 amide bonds. The Morgan fingerprint density at radius 3 is 2.67 bits per heavy atom. The molecule has 2 aromatic heterocycles. The highest BCUT2D eigenvalue weighted by Gasteiger charge is 2.21. The maximum absolute atomic E-state index is 12.0. The highest BCUT2D eigenvalue weighted by atomic mass is 16.5. The molecule has 0 aliphatic heterocycles. The van der Waals surface area contributed by atoms with Gasteiger partial charge in [-0.05, 0) is 18.9 Å². The molecule has 0 saturated heterocycles. The Labute approximate surface area is 140 Å². The lowest BCUT2D eigenvalue weighted by Crippen LogP contribution is -2.12. The number of fused-ring (bicyclic) bond motifs is 1. The van der Waals surface area contributed by atoms with E-state index in [1.165, 1.54) is 6.20 Å². The lowest BCUT2D eigenvalue weighted by Gasteiger charge is -2.06. The van der Waals surface area contributed by atoms with Crippen molar-refractivity contribution in [3.8, 4) is 11.1 Å². The molecule has 6 heteroatoms. The largest absolute Gasteiger partial charge is 0.462 e. The summed E-state index contributed by atoms with van der Waals surface area (Å²) < 4.78 is 6.57. The lowest BCUT2D eigenvalue weighted by atomic mass is 10.0. The Morgan fingerprint density at radius 1 is 1.25 bits per heavy atom. The van der Waals surface area contributed by atoms with Crippen molar-refractivity contribution in [3.63, 3.8) is 0 Å².